The van der Waals surface area contributed by atoms with Crippen LogP contribution in [0.25, 0.3) is 11.0 Å². The minimum atomic E-state index is 0.0188. The lowest BCUT2D eigenvalue weighted by Gasteiger charge is -2.10. The van der Waals surface area contributed by atoms with Gasteiger partial charge in [0.15, 0.2) is 5.16 Å². The third-order valence-corrected chi connectivity index (χ3v) is 4.21. The fraction of sp³-hybridized carbons (Fsp3) is 0.188. The molecule has 0 bridgehead atoms. The number of fused-ring (bicyclic) bond motifs is 1. The lowest BCUT2D eigenvalue weighted by atomic mass is 10.1. The summed E-state index contributed by atoms with van der Waals surface area (Å²) in [5.74, 6) is 0. The molecule has 3 rings (SSSR count). The Bertz CT molecular complexity index is 746. The van der Waals surface area contributed by atoms with Crippen molar-refractivity contribution in [3.63, 3.8) is 0 Å². The minimum absolute atomic E-state index is 0.0188. The zero-order valence-corrected chi connectivity index (χ0v) is 12.4. The van der Waals surface area contributed by atoms with Crippen molar-refractivity contribution in [3.05, 3.63) is 53.6 Å². The van der Waals surface area contributed by atoms with Crippen molar-refractivity contribution < 1.29 is 0 Å². The van der Waals surface area contributed by atoms with Gasteiger partial charge in [-0.1, -0.05) is 36.0 Å². The summed E-state index contributed by atoms with van der Waals surface area (Å²) >= 11 is 1.63. The molecule has 0 spiro atoms. The number of aryl methyl sites for hydroxylation is 1. The number of aromatic amines is 1. The quantitative estimate of drug-likeness (QED) is 0.762. The van der Waals surface area contributed by atoms with Crippen molar-refractivity contribution in [1.29, 1.82) is 0 Å². The van der Waals surface area contributed by atoms with Crippen molar-refractivity contribution in [1.82, 2.24) is 9.97 Å². The van der Waals surface area contributed by atoms with Crippen LogP contribution < -0.4 is 5.73 Å². The molecule has 3 N–H and O–H groups in total. The monoisotopic (exact) mass is 283 g/mol. The molecule has 0 radical (unpaired) electrons. The molecule has 1 aromatic heterocycles. The van der Waals surface area contributed by atoms with E-state index < -0.39 is 0 Å². The number of rotatable bonds is 3. The van der Waals surface area contributed by atoms with Gasteiger partial charge in [-0.2, -0.15) is 0 Å². The smallest absolute Gasteiger partial charge is 0.171 e. The summed E-state index contributed by atoms with van der Waals surface area (Å²) in [6, 6.07) is 14.5. The second-order valence-electron chi connectivity index (χ2n) is 4.99. The van der Waals surface area contributed by atoms with Gasteiger partial charge in [-0.15, -0.1) is 0 Å². The molecule has 0 aliphatic rings. The molecule has 0 fully saturated rings. The van der Waals surface area contributed by atoms with Crippen LogP contribution in [0.2, 0.25) is 0 Å². The first-order chi connectivity index (χ1) is 9.63. The Morgan fingerprint density at radius 1 is 1.20 bits per heavy atom. The van der Waals surface area contributed by atoms with Crippen molar-refractivity contribution in [2.24, 2.45) is 5.73 Å². The van der Waals surface area contributed by atoms with Gasteiger partial charge < -0.3 is 10.7 Å². The molecule has 0 unspecified atom stereocenters. The van der Waals surface area contributed by atoms with Crippen molar-refractivity contribution in [2.75, 3.05) is 0 Å². The number of nitrogens with zero attached hydrogens (tertiary/aromatic N) is 1. The third-order valence-electron chi connectivity index (χ3n) is 3.23. The molecule has 0 saturated heterocycles. The summed E-state index contributed by atoms with van der Waals surface area (Å²) in [6.07, 6.45) is 0. The van der Waals surface area contributed by atoms with E-state index in [0.717, 1.165) is 26.6 Å². The predicted octanol–water partition coefficient (Wildman–Crippen LogP) is 4.04. The first-order valence-electron chi connectivity index (χ1n) is 6.62. The van der Waals surface area contributed by atoms with Crippen molar-refractivity contribution in [3.8, 4) is 0 Å². The summed E-state index contributed by atoms with van der Waals surface area (Å²) in [6.45, 7) is 4.08. The van der Waals surface area contributed by atoms with Gasteiger partial charge in [-0.05, 0) is 43.2 Å². The second kappa shape index (κ2) is 5.31. The minimum Gasteiger partial charge on any atom is -0.333 e. The summed E-state index contributed by atoms with van der Waals surface area (Å²) in [5, 5.41) is 0.902. The Hall–Kier alpha value is -1.78. The number of hydrogen-bond donors (Lipinski definition) is 2. The van der Waals surface area contributed by atoms with Crippen LogP contribution in [0, 0.1) is 6.92 Å². The van der Waals surface area contributed by atoms with E-state index >= 15 is 0 Å². The SMILES string of the molecule is Cc1ccc2nc(Sc3ccccc3[C@@H](C)N)[nH]c2c1. The number of nitrogens with one attached hydrogen (secondary N) is 1. The number of hydrogen-bond acceptors (Lipinski definition) is 3. The average molecular weight is 283 g/mol. The maximum Gasteiger partial charge on any atom is 0.171 e. The number of benzene rings is 2. The van der Waals surface area contributed by atoms with Gasteiger partial charge in [-0.3, -0.25) is 0 Å². The fourth-order valence-corrected chi connectivity index (χ4v) is 3.23. The van der Waals surface area contributed by atoms with E-state index in [1.807, 2.05) is 25.1 Å². The maximum atomic E-state index is 6.02. The molecule has 1 heterocycles. The Balaban J connectivity index is 1.97. The highest BCUT2D eigenvalue weighted by molar-refractivity contribution is 7.99. The zero-order valence-electron chi connectivity index (χ0n) is 11.6. The van der Waals surface area contributed by atoms with E-state index in [0.29, 0.717) is 0 Å². The predicted molar refractivity (Wildman–Crippen MR) is 84.0 cm³/mol. The second-order valence-corrected chi connectivity index (χ2v) is 6.02. The van der Waals surface area contributed by atoms with Crippen LogP contribution in [-0.2, 0) is 0 Å². The van der Waals surface area contributed by atoms with Crippen LogP contribution in [0.5, 0.6) is 0 Å². The lowest BCUT2D eigenvalue weighted by Crippen LogP contribution is -2.06. The van der Waals surface area contributed by atoms with Crippen LogP contribution in [0.4, 0.5) is 0 Å². The highest BCUT2D eigenvalue weighted by atomic mass is 32.2. The van der Waals surface area contributed by atoms with E-state index in [9.17, 15) is 0 Å². The van der Waals surface area contributed by atoms with E-state index in [1.54, 1.807) is 11.8 Å². The van der Waals surface area contributed by atoms with E-state index in [4.69, 9.17) is 5.73 Å². The van der Waals surface area contributed by atoms with Crippen LogP contribution >= 0.6 is 11.8 Å². The Labute approximate surface area is 122 Å². The normalized spacial score (nSPS) is 12.8. The van der Waals surface area contributed by atoms with Gasteiger partial charge in [0.1, 0.15) is 0 Å². The standard InChI is InChI=1S/C16H17N3S/c1-10-7-8-13-14(9-10)19-16(18-13)20-15-6-4-3-5-12(15)11(2)17/h3-9,11H,17H2,1-2H3,(H,18,19)/t11-/m1/s1. The molecule has 4 heteroatoms. The average Bonchev–Trinajstić information content (AvgIpc) is 2.80. The Morgan fingerprint density at radius 2 is 2.00 bits per heavy atom. The molecule has 102 valence electrons. The summed E-state index contributed by atoms with van der Waals surface area (Å²) < 4.78 is 0. The van der Waals surface area contributed by atoms with Crippen LogP contribution in [0.15, 0.2) is 52.5 Å². The van der Waals surface area contributed by atoms with Crippen LogP contribution in [0.3, 0.4) is 0 Å². The van der Waals surface area contributed by atoms with Gasteiger partial charge >= 0.3 is 0 Å². The Morgan fingerprint density at radius 3 is 2.80 bits per heavy atom. The number of H-pyrrole nitrogens is 1. The number of aromatic nitrogens is 2. The number of nitrogens with two attached hydrogens (primary N) is 1. The molecule has 2 aromatic carbocycles. The molecule has 0 saturated carbocycles. The zero-order chi connectivity index (χ0) is 14.1. The maximum absolute atomic E-state index is 6.02. The first-order valence-corrected chi connectivity index (χ1v) is 7.44. The highest BCUT2D eigenvalue weighted by Crippen LogP contribution is 2.32. The largest absolute Gasteiger partial charge is 0.333 e. The summed E-state index contributed by atoms with van der Waals surface area (Å²) in [7, 11) is 0. The summed E-state index contributed by atoms with van der Waals surface area (Å²) in [4.78, 5) is 9.13. The molecule has 1 atom stereocenters. The van der Waals surface area contributed by atoms with Gasteiger partial charge in [0.2, 0.25) is 0 Å². The molecule has 3 nitrogen and oxygen atoms in total. The van der Waals surface area contributed by atoms with Crippen LogP contribution in [0.1, 0.15) is 24.1 Å². The van der Waals surface area contributed by atoms with Gasteiger partial charge in [0.25, 0.3) is 0 Å². The lowest BCUT2D eigenvalue weighted by molar-refractivity contribution is 0.797. The van der Waals surface area contributed by atoms with Gasteiger partial charge in [0, 0.05) is 10.9 Å². The fourth-order valence-electron chi connectivity index (χ4n) is 2.20. The van der Waals surface area contributed by atoms with Crippen LogP contribution in [-0.4, -0.2) is 9.97 Å². The molecule has 3 aromatic rings. The third kappa shape index (κ3) is 2.57. The molecular weight excluding hydrogens is 266 g/mol. The van der Waals surface area contributed by atoms with E-state index in [1.165, 1.54) is 5.56 Å². The highest BCUT2D eigenvalue weighted by Gasteiger charge is 2.10. The van der Waals surface area contributed by atoms with Crippen molar-refractivity contribution >= 4 is 22.8 Å². The topological polar surface area (TPSA) is 54.7 Å². The first kappa shape index (κ1) is 13.2. The van der Waals surface area contributed by atoms with Gasteiger partial charge in [-0.25, -0.2) is 4.98 Å². The van der Waals surface area contributed by atoms with Crippen molar-refractivity contribution in [2.45, 2.75) is 29.9 Å². The Kier molecular flexibility index (Phi) is 3.51. The van der Waals surface area contributed by atoms with Gasteiger partial charge in [0.05, 0.1) is 11.0 Å². The molecule has 0 aliphatic heterocycles. The number of imidazole rings is 1. The summed E-state index contributed by atoms with van der Waals surface area (Å²) in [5.41, 5.74) is 10.5. The van der Waals surface area contributed by atoms with E-state index in [2.05, 4.69) is 41.2 Å². The molecule has 0 aliphatic carbocycles. The molecular formula is C16H17N3S. The van der Waals surface area contributed by atoms with E-state index in [-0.39, 0.29) is 6.04 Å². The molecule has 20 heavy (non-hydrogen) atoms. The molecule has 0 amide bonds.